The van der Waals surface area contributed by atoms with Gasteiger partial charge in [0, 0.05) is 4.97 Å². The van der Waals surface area contributed by atoms with Crippen molar-refractivity contribution in [1.29, 1.82) is 0 Å². The second-order valence-corrected chi connectivity index (χ2v) is 4.13. The predicted molar refractivity (Wildman–Crippen MR) is 71.6 cm³/mol. The maximum absolute atomic E-state index is 11.5. The van der Waals surface area contributed by atoms with Crippen LogP contribution in [0, 0.1) is 10.4 Å². The molecule has 0 aliphatic rings. The molecule has 0 bridgehead atoms. The molecule has 0 atom stereocenters. The van der Waals surface area contributed by atoms with E-state index in [4.69, 9.17) is 0 Å². The summed E-state index contributed by atoms with van der Waals surface area (Å²) in [5.74, 6) is 0. The van der Waals surface area contributed by atoms with Gasteiger partial charge in [0.1, 0.15) is 13.1 Å². The van der Waals surface area contributed by atoms with Crippen LogP contribution in [0.5, 0.6) is 0 Å². The van der Waals surface area contributed by atoms with Crippen molar-refractivity contribution in [3.63, 3.8) is 0 Å². The quantitative estimate of drug-likeness (QED) is 0.337. The molecular weight excluding hydrogens is 265 g/mol. The van der Waals surface area contributed by atoms with Gasteiger partial charge in [0.05, 0.1) is 0 Å². The fourth-order valence-corrected chi connectivity index (χ4v) is 1.82. The largest absolute Gasteiger partial charge is 1.00 e. The van der Waals surface area contributed by atoms with Crippen molar-refractivity contribution in [2.75, 3.05) is 0 Å². The van der Waals surface area contributed by atoms with Crippen LogP contribution in [0.3, 0.4) is 0 Å². The van der Waals surface area contributed by atoms with Crippen LogP contribution in [0.1, 0.15) is 11.1 Å². The molecule has 0 unspecified atom stereocenters. The van der Waals surface area contributed by atoms with Crippen molar-refractivity contribution in [2.24, 2.45) is 5.28 Å². The minimum Gasteiger partial charge on any atom is -0.737 e. The van der Waals surface area contributed by atoms with Gasteiger partial charge in [-0.15, -0.1) is 5.01 Å². The Morgan fingerprint density at radius 2 is 1.25 bits per heavy atom. The molecule has 0 fully saturated rings. The molecule has 0 aliphatic heterocycles. The van der Waals surface area contributed by atoms with Crippen LogP contribution < -0.4 is 29.6 Å². The molecule has 0 heterocycles. The molecule has 0 aromatic heterocycles. The van der Waals surface area contributed by atoms with E-state index in [1.54, 1.807) is 0 Å². The van der Waals surface area contributed by atoms with E-state index in [-0.39, 0.29) is 34.5 Å². The smallest absolute Gasteiger partial charge is 0.737 e. The molecule has 0 aliphatic carbocycles. The second-order valence-electron chi connectivity index (χ2n) is 4.13. The zero-order chi connectivity index (χ0) is 13.5. The average molecular weight is 279 g/mol. The Balaban J connectivity index is 0.00000200. The topological polar surface area (TPSA) is 64.7 Å². The third-order valence-corrected chi connectivity index (χ3v) is 2.73. The van der Waals surface area contributed by atoms with Crippen molar-refractivity contribution < 1.29 is 34.5 Å². The van der Waals surface area contributed by atoms with Gasteiger partial charge in [-0.25, -0.2) is 0 Å². The monoisotopic (exact) mass is 279 g/mol. The molecule has 0 saturated carbocycles. The van der Waals surface area contributed by atoms with Crippen molar-refractivity contribution >= 4 is 0 Å². The first-order valence-corrected chi connectivity index (χ1v) is 5.93. The maximum atomic E-state index is 11.5. The molecule has 0 radical (unpaired) electrons. The van der Waals surface area contributed by atoms with Crippen LogP contribution >= 0.6 is 0 Å². The van der Waals surface area contributed by atoms with Gasteiger partial charge in [0.25, 0.3) is 0 Å². The number of hydrazine groups is 1. The molecule has 6 heteroatoms. The first kappa shape index (κ1) is 16.5. The summed E-state index contributed by atoms with van der Waals surface area (Å²) in [6.07, 6.45) is 0. The minimum absolute atomic E-state index is 0. The summed E-state index contributed by atoms with van der Waals surface area (Å²) in [6.45, 7) is 0.677. The average Bonchev–Trinajstić information content (AvgIpc) is 2.48. The first-order chi connectivity index (χ1) is 9.29. The summed E-state index contributed by atoms with van der Waals surface area (Å²) in [5.41, 5.74) is 1.89. The molecule has 2 rings (SSSR count). The third-order valence-electron chi connectivity index (χ3n) is 2.73. The summed E-state index contributed by atoms with van der Waals surface area (Å²) < 4.78 is 0. The molecule has 2 aromatic rings. The molecule has 0 spiro atoms. The van der Waals surface area contributed by atoms with Crippen LogP contribution in [0.2, 0.25) is 0 Å². The van der Waals surface area contributed by atoms with Gasteiger partial charge in [0.2, 0.25) is 0 Å². The number of benzene rings is 2. The normalized spacial score (nSPS) is 10.7. The van der Waals surface area contributed by atoms with E-state index in [2.05, 4.69) is 5.28 Å². The van der Waals surface area contributed by atoms with Gasteiger partial charge in [0.15, 0.2) is 0 Å². The summed E-state index contributed by atoms with van der Waals surface area (Å²) in [4.78, 5) is 0.0972. The molecule has 0 saturated heterocycles. The molecule has 2 aromatic carbocycles. The Kier molecular flexibility index (Phi) is 7.08. The SMILES string of the molecule is [Na+].[O-]/N=[N+](\[O-])N(Cc1ccccc1)Cc1ccccc1. The molecule has 0 N–H and O–H groups in total. The van der Waals surface area contributed by atoms with Gasteiger partial charge in [-0.1, -0.05) is 60.7 Å². The summed E-state index contributed by atoms with van der Waals surface area (Å²) in [5, 5.41) is 25.7. The van der Waals surface area contributed by atoms with Gasteiger partial charge < -0.3 is 10.4 Å². The Labute approximate surface area is 140 Å². The van der Waals surface area contributed by atoms with Gasteiger partial charge in [-0.3, -0.25) is 0 Å². The fraction of sp³-hybridized carbons (Fsp3) is 0.143. The first-order valence-electron chi connectivity index (χ1n) is 5.93. The molecular formula is C14H14N3NaO2. The van der Waals surface area contributed by atoms with E-state index in [0.29, 0.717) is 13.1 Å². The number of hydrogen-bond acceptors (Lipinski definition) is 3. The van der Waals surface area contributed by atoms with E-state index in [0.717, 1.165) is 11.1 Å². The van der Waals surface area contributed by atoms with E-state index in [9.17, 15) is 10.4 Å². The van der Waals surface area contributed by atoms with Crippen molar-refractivity contribution in [2.45, 2.75) is 13.1 Å². The van der Waals surface area contributed by atoms with Crippen LogP contribution in [0.4, 0.5) is 0 Å². The van der Waals surface area contributed by atoms with Crippen molar-refractivity contribution in [3.8, 4) is 0 Å². The van der Waals surface area contributed by atoms with E-state index >= 15 is 0 Å². The Hall–Kier alpha value is -1.56. The summed E-state index contributed by atoms with van der Waals surface area (Å²) >= 11 is 0. The Bertz CT molecular complexity index is 493. The molecule has 0 amide bonds. The number of rotatable bonds is 5. The van der Waals surface area contributed by atoms with Crippen LogP contribution in [0.15, 0.2) is 65.9 Å². The van der Waals surface area contributed by atoms with Crippen LogP contribution in [0.25, 0.3) is 0 Å². The molecule has 20 heavy (non-hydrogen) atoms. The Morgan fingerprint density at radius 1 is 0.850 bits per heavy atom. The van der Waals surface area contributed by atoms with Crippen LogP contribution in [-0.2, 0) is 13.1 Å². The van der Waals surface area contributed by atoms with Gasteiger partial charge in [-0.2, -0.15) is 0 Å². The fourth-order valence-electron chi connectivity index (χ4n) is 1.82. The maximum Gasteiger partial charge on any atom is 1.00 e. The van der Waals surface area contributed by atoms with Crippen LogP contribution in [-0.4, -0.2) is 9.98 Å². The predicted octanol–water partition coefficient (Wildman–Crippen LogP) is 0.0681. The second kappa shape index (κ2) is 8.58. The van der Waals surface area contributed by atoms with E-state index < -0.39 is 0 Å². The summed E-state index contributed by atoms with van der Waals surface area (Å²) in [7, 11) is 0. The number of nitrogens with zero attached hydrogens (tertiary/aromatic N) is 3. The van der Waals surface area contributed by atoms with Crippen molar-refractivity contribution in [1.82, 2.24) is 5.01 Å². The molecule has 98 valence electrons. The zero-order valence-corrected chi connectivity index (χ0v) is 13.3. The van der Waals surface area contributed by atoms with E-state index in [1.807, 2.05) is 60.7 Å². The molecule has 5 nitrogen and oxygen atoms in total. The van der Waals surface area contributed by atoms with Crippen molar-refractivity contribution in [3.05, 3.63) is 82.2 Å². The zero-order valence-electron chi connectivity index (χ0n) is 11.3. The minimum atomic E-state index is 0. The summed E-state index contributed by atoms with van der Waals surface area (Å²) in [6, 6.07) is 19.0. The standard InChI is InChI=1S/C14H15N3O2.Na/c18-15-17(19)16(11-13-7-3-1-4-8-13)12-14-9-5-2-6-10-14;/h1-10,18H,11-12H2;/q;+1/p-1/b17-15-;. The van der Waals surface area contributed by atoms with Gasteiger partial charge in [-0.05, 0) is 16.4 Å². The third kappa shape index (κ3) is 4.85. The van der Waals surface area contributed by atoms with Gasteiger partial charge >= 0.3 is 29.6 Å². The Morgan fingerprint density at radius 3 is 1.60 bits per heavy atom. The number of hydrogen-bond donors (Lipinski definition) is 0. The van der Waals surface area contributed by atoms with E-state index in [1.165, 1.54) is 5.01 Å².